The summed E-state index contributed by atoms with van der Waals surface area (Å²) >= 11 is 0. The summed E-state index contributed by atoms with van der Waals surface area (Å²) in [5.74, 6) is 0.605. The van der Waals surface area contributed by atoms with E-state index in [1.54, 1.807) is 0 Å². The van der Waals surface area contributed by atoms with E-state index in [4.69, 9.17) is 0 Å². The maximum Gasteiger partial charge on any atom is 0.211 e. The Balaban J connectivity index is 1.88. The third-order valence-corrected chi connectivity index (χ3v) is 5.67. The van der Waals surface area contributed by atoms with Crippen LogP contribution in [0, 0.1) is 5.92 Å². The van der Waals surface area contributed by atoms with E-state index in [1.807, 2.05) is 31.2 Å². The molecule has 1 aromatic rings. The van der Waals surface area contributed by atoms with E-state index in [9.17, 15) is 13.5 Å². The molecular weight excluding hydrogens is 300 g/mol. The molecule has 0 aromatic heterocycles. The quantitative estimate of drug-likeness (QED) is 0.800. The molecule has 0 spiro atoms. The van der Waals surface area contributed by atoms with Gasteiger partial charge in [0.25, 0.3) is 0 Å². The van der Waals surface area contributed by atoms with Gasteiger partial charge in [-0.15, -0.1) is 0 Å². The maximum atomic E-state index is 11.6. The van der Waals surface area contributed by atoms with Crippen molar-refractivity contribution in [2.75, 3.05) is 30.3 Å². The van der Waals surface area contributed by atoms with E-state index in [0.717, 1.165) is 37.2 Å². The first kappa shape index (κ1) is 17.2. The van der Waals surface area contributed by atoms with Gasteiger partial charge in [-0.1, -0.05) is 19.1 Å². The molecule has 6 heteroatoms. The van der Waals surface area contributed by atoms with Gasteiger partial charge in [-0.25, -0.2) is 13.1 Å². The molecule has 1 fully saturated rings. The molecule has 1 aromatic carbocycles. The summed E-state index contributed by atoms with van der Waals surface area (Å²) in [6.07, 6.45) is 2.67. The second-order valence-electron chi connectivity index (χ2n) is 5.92. The van der Waals surface area contributed by atoms with E-state index >= 15 is 0 Å². The Kier molecular flexibility index (Phi) is 6.23. The Hall–Kier alpha value is -1.11. The zero-order valence-corrected chi connectivity index (χ0v) is 14.0. The van der Waals surface area contributed by atoms with E-state index in [-0.39, 0.29) is 12.4 Å². The molecule has 22 heavy (non-hydrogen) atoms. The largest absolute Gasteiger partial charge is 0.396 e. The molecule has 1 aliphatic rings. The Morgan fingerprint density at radius 2 is 1.86 bits per heavy atom. The average molecular weight is 326 g/mol. The second kappa shape index (κ2) is 7.94. The molecule has 0 unspecified atom stereocenters. The third-order valence-electron chi connectivity index (χ3n) is 4.14. The molecule has 0 aliphatic carbocycles. The second-order valence-corrected chi connectivity index (χ2v) is 7.85. The smallest absolute Gasteiger partial charge is 0.211 e. The van der Waals surface area contributed by atoms with Gasteiger partial charge in [-0.05, 0) is 42.9 Å². The number of piperidine rings is 1. The lowest BCUT2D eigenvalue weighted by Gasteiger charge is -2.33. The zero-order chi connectivity index (χ0) is 16.0. The summed E-state index contributed by atoms with van der Waals surface area (Å²) < 4.78 is 25.9. The van der Waals surface area contributed by atoms with Gasteiger partial charge in [0.15, 0.2) is 0 Å². The highest BCUT2D eigenvalue weighted by atomic mass is 32.2. The summed E-state index contributed by atoms with van der Waals surface area (Å²) in [6.45, 7) is 4.41. The molecule has 0 radical (unpaired) electrons. The first-order valence-corrected chi connectivity index (χ1v) is 9.61. The SMILES string of the molecule is CCCS(=O)(=O)NCc1ccc(N2CCC(CO)CC2)cc1. The van der Waals surface area contributed by atoms with Gasteiger partial charge in [0.05, 0.1) is 5.75 Å². The standard InChI is InChI=1S/C16H26N2O3S/c1-2-11-22(20,21)17-12-14-3-5-16(6-4-14)18-9-7-15(13-19)8-10-18/h3-6,15,17,19H,2,7-13H2,1H3. The van der Waals surface area contributed by atoms with Crippen LogP contribution in [0.4, 0.5) is 5.69 Å². The van der Waals surface area contributed by atoms with Crippen LogP contribution in [0.25, 0.3) is 0 Å². The molecule has 0 bridgehead atoms. The fourth-order valence-corrected chi connectivity index (χ4v) is 3.80. The molecular formula is C16H26N2O3S. The predicted octanol–water partition coefficient (Wildman–Crippen LogP) is 1.72. The highest BCUT2D eigenvalue weighted by Gasteiger charge is 2.18. The topological polar surface area (TPSA) is 69.6 Å². The summed E-state index contributed by atoms with van der Waals surface area (Å²) in [4.78, 5) is 2.32. The van der Waals surface area contributed by atoms with Crippen molar-refractivity contribution >= 4 is 15.7 Å². The van der Waals surface area contributed by atoms with Gasteiger partial charge in [-0.3, -0.25) is 0 Å². The van der Waals surface area contributed by atoms with Crippen LogP contribution in [0.1, 0.15) is 31.7 Å². The Labute approximate surface area is 133 Å². The van der Waals surface area contributed by atoms with Crippen molar-refractivity contribution in [3.05, 3.63) is 29.8 Å². The Morgan fingerprint density at radius 3 is 2.41 bits per heavy atom. The number of aliphatic hydroxyl groups is 1. The summed E-state index contributed by atoms with van der Waals surface area (Å²) in [5.41, 5.74) is 2.13. The highest BCUT2D eigenvalue weighted by molar-refractivity contribution is 7.89. The van der Waals surface area contributed by atoms with Crippen molar-refractivity contribution in [1.82, 2.24) is 4.72 Å². The zero-order valence-electron chi connectivity index (χ0n) is 13.2. The number of rotatable bonds is 7. The number of nitrogens with one attached hydrogen (secondary N) is 1. The number of nitrogens with zero attached hydrogens (tertiary/aromatic N) is 1. The van der Waals surface area contributed by atoms with Gasteiger partial charge in [0, 0.05) is 31.9 Å². The minimum atomic E-state index is -3.15. The van der Waals surface area contributed by atoms with Crippen LogP contribution < -0.4 is 9.62 Å². The minimum Gasteiger partial charge on any atom is -0.396 e. The van der Waals surface area contributed by atoms with Gasteiger partial charge in [0.2, 0.25) is 10.0 Å². The van der Waals surface area contributed by atoms with E-state index < -0.39 is 10.0 Å². The molecule has 2 N–H and O–H groups in total. The molecule has 1 aliphatic heterocycles. The van der Waals surface area contributed by atoms with Crippen LogP contribution in [-0.2, 0) is 16.6 Å². The van der Waals surface area contributed by atoms with Gasteiger partial charge < -0.3 is 10.0 Å². The molecule has 0 atom stereocenters. The van der Waals surface area contributed by atoms with Crippen molar-refractivity contribution in [3.63, 3.8) is 0 Å². The first-order chi connectivity index (χ1) is 10.5. The highest BCUT2D eigenvalue weighted by Crippen LogP contribution is 2.23. The maximum absolute atomic E-state index is 11.6. The number of hydrogen-bond acceptors (Lipinski definition) is 4. The van der Waals surface area contributed by atoms with Crippen LogP contribution in [-0.4, -0.2) is 39.0 Å². The van der Waals surface area contributed by atoms with Crippen molar-refractivity contribution in [1.29, 1.82) is 0 Å². The Bertz CT molecular complexity index is 549. The van der Waals surface area contributed by atoms with Gasteiger partial charge in [0.1, 0.15) is 0 Å². The number of anilines is 1. The van der Waals surface area contributed by atoms with Crippen LogP contribution in [0.3, 0.4) is 0 Å². The molecule has 1 saturated heterocycles. The fraction of sp³-hybridized carbons (Fsp3) is 0.625. The van der Waals surface area contributed by atoms with Crippen LogP contribution >= 0.6 is 0 Å². The molecule has 124 valence electrons. The predicted molar refractivity (Wildman–Crippen MR) is 89.4 cm³/mol. The first-order valence-electron chi connectivity index (χ1n) is 7.96. The van der Waals surface area contributed by atoms with Crippen molar-refractivity contribution in [2.45, 2.75) is 32.7 Å². The summed E-state index contributed by atoms with van der Waals surface area (Å²) in [5, 5.41) is 9.17. The van der Waals surface area contributed by atoms with E-state index in [0.29, 0.717) is 18.9 Å². The number of aliphatic hydroxyl groups excluding tert-OH is 1. The van der Waals surface area contributed by atoms with Crippen molar-refractivity contribution < 1.29 is 13.5 Å². The average Bonchev–Trinajstić information content (AvgIpc) is 2.54. The number of hydrogen-bond donors (Lipinski definition) is 2. The normalized spacial score (nSPS) is 16.9. The summed E-state index contributed by atoms with van der Waals surface area (Å²) in [7, 11) is -3.15. The lowest BCUT2D eigenvalue weighted by Crippen LogP contribution is -2.34. The molecule has 1 heterocycles. The third kappa shape index (κ3) is 4.97. The fourth-order valence-electron chi connectivity index (χ4n) is 2.73. The van der Waals surface area contributed by atoms with Crippen molar-refractivity contribution in [2.24, 2.45) is 5.92 Å². The molecule has 0 amide bonds. The van der Waals surface area contributed by atoms with E-state index in [2.05, 4.69) is 9.62 Å². The molecule has 2 rings (SSSR count). The van der Waals surface area contributed by atoms with Crippen LogP contribution in [0.15, 0.2) is 24.3 Å². The van der Waals surface area contributed by atoms with E-state index in [1.165, 1.54) is 0 Å². The lowest BCUT2D eigenvalue weighted by molar-refractivity contribution is 0.203. The molecule has 5 nitrogen and oxygen atoms in total. The van der Waals surface area contributed by atoms with Crippen molar-refractivity contribution in [3.8, 4) is 0 Å². The van der Waals surface area contributed by atoms with Crippen LogP contribution in [0.5, 0.6) is 0 Å². The lowest BCUT2D eigenvalue weighted by atomic mass is 9.97. The van der Waals surface area contributed by atoms with Crippen LogP contribution in [0.2, 0.25) is 0 Å². The number of benzene rings is 1. The van der Waals surface area contributed by atoms with Gasteiger partial charge in [-0.2, -0.15) is 0 Å². The monoisotopic (exact) mass is 326 g/mol. The Morgan fingerprint density at radius 1 is 1.23 bits per heavy atom. The molecule has 0 saturated carbocycles. The summed E-state index contributed by atoms with van der Waals surface area (Å²) in [6, 6.07) is 8.04. The van der Waals surface area contributed by atoms with Gasteiger partial charge >= 0.3 is 0 Å². The minimum absolute atomic E-state index is 0.172. The number of sulfonamides is 1.